The van der Waals surface area contributed by atoms with Crippen LogP contribution in [0.1, 0.15) is 32.1 Å². The second kappa shape index (κ2) is 7.22. The molecule has 1 saturated carbocycles. The van der Waals surface area contributed by atoms with Crippen LogP contribution in [-0.2, 0) is 17.1 Å². The molecule has 0 atom stereocenters. The lowest BCUT2D eigenvalue weighted by Gasteiger charge is -2.27. The first-order valence-electron chi connectivity index (χ1n) is 8.69. The van der Waals surface area contributed by atoms with E-state index in [2.05, 4.69) is 10.2 Å². The molecule has 0 saturated heterocycles. The Bertz CT molecular complexity index is 860. The number of hydrogen-bond donors (Lipinski definition) is 0. The number of benzene rings is 1. The molecule has 3 rings (SSSR count). The van der Waals surface area contributed by atoms with Gasteiger partial charge in [0.2, 0.25) is 21.9 Å². The van der Waals surface area contributed by atoms with Gasteiger partial charge in [0.05, 0.1) is 5.25 Å². The summed E-state index contributed by atoms with van der Waals surface area (Å²) < 4.78 is 41.8. The third kappa shape index (κ3) is 3.40. The van der Waals surface area contributed by atoms with Crippen LogP contribution in [0.4, 0.5) is 22.0 Å². The quantitative estimate of drug-likeness (QED) is 0.796. The van der Waals surface area contributed by atoms with Gasteiger partial charge in [-0.2, -0.15) is 0 Å². The van der Waals surface area contributed by atoms with Crippen molar-refractivity contribution >= 4 is 27.6 Å². The summed E-state index contributed by atoms with van der Waals surface area (Å²) in [5, 5.41) is 7.85. The normalized spacial score (nSPS) is 15.8. The third-order valence-corrected chi connectivity index (χ3v) is 7.22. The fraction of sp³-hybridized carbons (Fsp3) is 0.529. The molecular weight excluding hydrogens is 357 g/mol. The minimum Gasteiger partial charge on any atom is -0.314 e. The summed E-state index contributed by atoms with van der Waals surface area (Å²) in [6, 6.07) is 5.99. The number of rotatable bonds is 5. The van der Waals surface area contributed by atoms with E-state index in [0.29, 0.717) is 18.8 Å². The first kappa shape index (κ1) is 18.6. The molecule has 0 radical (unpaired) electrons. The number of sulfonamides is 1. The van der Waals surface area contributed by atoms with E-state index < -0.39 is 10.0 Å². The smallest absolute Gasteiger partial charge is 0.241 e. The van der Waals surface area contributed by atoms with Crippen molar-refractivity contribution in [3.05, 3.63) is 30.1 Å². The zero-order chi connectivity index (χ0) is 18.9. The van der Waals surface area contributed by atoms with Crippen molar-refractivity contribution in [2.45, 2.75) is 37.4 Å². The van der Waals surface area contributed by atoms with Crippen molar-refractivity contribution in [3.8, 4) is 0 Å². The molecule has 1 aliphatic carbocycles. The summed E-state index contributed by atoms with van der Waals surface area (Å²) in [6.45, 7) is 0. The van der Waals surface area contributed by atoms with Crippen LogP contribution in [0.5, 0.6) is 0 Å². The monoisotopic (exact) mass is 381 g/mol. The Morgan fingerprint density at radius 1 is 1.04 bits per heavy atom. The largest absolute Gasteiger partial charge is 0.314 e. The molecule has 0 bridgehead atoms. The Kier molecular flexibility index (Phi) is 5.17. The highest BCUT2D eigenvalue weighted by molar-refractivity contribution is 7.93. The molecular formula is C17H24FN5O2S. The van der Waals surface area contributed by atoms with Crippen LogP contribution >= 0.6 is 0 Å². The van der Waals surface area contributed by atoms with Crippen molar-refractivity contribution in [1.29, 1.82) is 0 Å². The first-order chi connectivity index (χ1) is 12.3. The minimum absolute atomic E-state index is 0.263. The summed E-state index contributed by atoms with van der Waals surface area (Å²) in [7, 11) is 1.54. The molecule has 9 heteroatoms. The van der Waals surface area contributed by atoms with Gasteiger partial charge in [0.25, 0.3) is 0 Å². The number of halogens is 1. The Balaban J connectivity index is 1.87. The highest BCUT2D eigenvalue weighted by Gasteiger charge is 2.33. The van der Waals surface area contributed by atoms with Crippen molar-refractivity contribution in [2.75, 3.05) is 23.3 Å². The standard InChI is InChI=1S/C17H24FN5O2S/c1-21(14-11-9-13(18)10-12-14)16-19-20-17(22(16)2)23(3)26(24,25)15-7-5-4-6-8-15/h9-12,15H,4-8H2,1-3H3. The topological polar surface area (TPSA) is 71.3 Å². The second-order valence-electron chi connectivity index (χ2n) is 6.67. The highest BCUT2D eigenvalue weighted by atomic mass is 32.2. The third-order valence-electron chi connectivity index (χ3n) is 4.98. The number of hydrogen-bond acceptors (Lipinski definition) is 5. The van der Waals surface area contributed by atoms with Gasteiger partial charge in [0, 0.05) is 26.8 Å². The van der Waals surface area contributed by atoms with Gasteiger partial charge in [-0.3, -0.25) is 4.57 Å². The molecule has 26 heavy (non-hydrogen) atoms. The first-order valence-corrected chi connectivity index (χ1v) is 10.2. The number of anilines is 3. The van der Waals surface area contributed by atoms with Crippen molar-refractivity contribution in [2.24, 2.45) is 7.05 Å². The van der Waals surface area contributed by atoms with Crippen LogP contribution in [-0.4, -0.2) is 42.5 Å². The highest BCUT2D eigenvalue weighted by Crippen LogP contribution is 2.29. The van der Waals surface area contributed by atoms with Gasteiger partial charge in [-0.05, 0) is 37.1 Å². The fourth-order valence-corrected chi connectivity index (χ4v) is 5.12. The van der Waals surface area contributed by atoms with Crippen LogP contribution in [0, 0.1) is 5.82 Å². The molecule has 1 heterocycles. The van der Waals surface area contributed by atoms with Gasteiger partial charge < -0.3 is 4.90 Å². The van der Waals surface area contributed by atoms with E-state index in [1.54, 1.807) is 35.7 Å². The van der Waals surface area contributed by atoms with E-state index in [1.165, 1.54) is 23.5 Å². The summed E-state index contributed by atoms with van der Waals surface area (Å²) in [5.41, 5.74) is 0.728. The maximum Gasteiger partial charge on any atom is 0.241 e. The Hall–Kier alpha value is -2.16. The predicted molar refractivity (Wildman–Crippen MR) is 99.7 cm³/mol. The molecule has 0 amide bonds. The van der Waals surface area contributed by atoms with Crippen LogP contribution in [0.3, 0.4) is 0 Å². The fourth-order valence-electron chi connectivity index (χ4n) is 3.36. The maximum absolute atomic E-state index is 13.1. The van der Waals surface area contributed by atoms with Gasteiger partial charge in [0.1, 0.15) is 5.82 Å². The molecule has 1 fully saturated rings. The lowest BCUT2D eigenvalue weighted by Crippen LogP contribution is -2.38. The maximum atomic E-state index is 13.1. The van der Waals surface area contributed by atoms with Crippen molar-refractivity contribution < 1.29 is 12.8 Å². The summed E-state index contributed by atoms with van der Waals surface area (Å²) in [4.78, 5) is 1.73. The van der Waals surface area contributed by atoms with Gasteiger partial charge >= 0.3 is 0 Å². The van der Waals surface area contributed by atoms with E-state index >= 15 is 0 Å². The average molecular weight is 381 g/mol. The number of nitrogens with zero attached hydrogens (tertiary/aromatic N) is 5. The average Bonchev–Trinajstić information content (AvgIpc) is 3.03. The van der Waals surface area contributed by atoms with Crippen LogP contribution < -0.4 is 9.21 Å². The zero-order valence-electron chi connectivity index (χ0n) is 15.3. The molecule has 0 aliphatic heterocycles. The predicted octanol–water partition coefficient (Wildman–Crippen LogP) is 2.82. The molecule has 0 unspecified atom stereocenters. The molecule has 1 aliphatic rings. The number of aromatic nitrogens is 3. The van der Waals surface area contributed by atoms with Crippen molar-refractivity contribution in [3.63, 3.8) is 0 Å². The van der Waals surface area contributed by atoms with Gasteiger partial charge in [-0.25, -0.2) is 17.1 Å². The molecule has 0 spiro atoms. The molecule has 1 aromatic carbocycles. The Morgan fingerprint density at radius 2 is 1.62 bits per heavy atom. The van der Waals surface area contributed by atoms with E-state index in [4.69, 9.17) is 0 Å². The minimum atomic E-state index is -3.48. The van der Waals surface area contributed by atoms with Gasteiger partial charge in [-0.15, -0.1) is 10.2 Å². The van der Waals surface area contributed by atoms with E-state index in [1.807, 2.05) is 0 Å². The zero-order valence-corrected chi connectivity index (χ0v) is 16.1. The van der Waals surface area contributed by atoms with Gasteiger partial charge in [0.15, 0.2) is 0 Å². The Labute approximate surface area is 153 Å². The lowest BCUT2D eigenvalue weighted by atomic mass is 10.0. The van der Waals surface area contributed by atoms with Crippen LogP contribution in [0.15, 0.2) is 24.3 Å². The second-order valence-corrected chi connectivity index (χ2v) is 8.91. The van der Waals surface area contributed by atoms with Crippen LogP contribution in [0.25, 0.3) is 0 Å². The summed E-state index contributed by atoms with van der Waals surface area (Å²) in [5.74, 6) is 0.413. The Morgan fingerprint density at radius 3 is 2.23 bits per heavy atom. The summed E-state index contributed by atoms with van der Waals surface area (Å²) >= 11 is 0. The van der Waals surface area contributed by atoms with Gasteiger partial charge in [-0.1, -0.05) is 19.3 Å². The SMILES string of the molecule is CN(c1ccc(F)cc1)c1nnc(N(C)S(=O)(=O)C2CCCCC2)n1C. The molecule has 142 valence electrons. The molecule has 0 N–H and O–H groups in total. The molecule has 2 aromatic rings. The van der Waals surface area contributed by atoms with E-state index in [9.17, 15) is 12.8 Å². The van der Waals surface area contributed by atoms with E-state index in [-0.39, 0.29) is 17.0 Å². The van der Waals surface area contributed by atoms with E-state index in [0.717, 1.165) is 24.9 Å². The lowest BCUT2D eigenvalue weighted by molar-refractivity contribution is 0.482. The van der Waals surface area contributed by atoms with Crippen LogP contribution in [0.2, 0.25) is 0 Å². The summed E-state index contributed by atoms with van der Waals surface area (Å²) in [6.07, 6.45) is 4.34. The van der Waals surface area contributed by atoms with Crippen molar-refractivity contribution in [1.82, 2.24) is 14.8 Å². The molecule has 1 aromatic heterocycles. The molecule has 7 nitrogen and oxygen atoms in total.